The molecule has 0 bridgehead atoms. The van der Waals surface area contributed by atoms with Gasteiger partial charge in [-0.15, -0.1) is 0 Å². The first-order valence-electron chi connectivity index (χ1n) is 3.19. The first-order chi connectivity index (χ1) is 5.65. The fourth-order valence-electron chi connectivity index (χ4n) is 0.798. The van der Waals surface area contributed by atoms with Crippen LogP contribution in [0.4, 0.5) is 0 Å². The molecule has 0 aromatic heterocycles. The maximum absolute atomic E-state index is 10.4. The highest BCUT2D eigenvalue weighted by Crippen LogP contribution is 2.29. The van der Waals surface area contributed by atoms with Crippen LogP contribution in [0.5, 0.6) is 0 Å². The van der Waals surface area contributed by atoms with Crippen molar-refractivity contribution in [2.75, 3.05) is 0 Å². The summed E-state index contributed by atoms with van der Waals surface area (Å²) in [5.41, 5.74) is 0.732. The lowest BCUT2D eigenvalue weighted by Gasteiger charge is -2.04. The predicted molar refractivity (Wildman–Crippen MR) is 54.2 cm³/mol. The number of benzene rings is 1. The largest absolute Gasteiger partial charge is 0.302 e. The third kappa shape index (κ3) is 2.22. The second-order valence-corrected chi connectivity index (χ2v) is 4.03. The molecule has 1 aromatic carbocycles. The van der Waals surface area contributed by atoms with Gasteiger partial charge in [0.05, 0.1) is 4.83 Å². The molecule has 0 saturated heterocycles. The molecule has 1 aromatic rings. The number of hydrogen-bond donors (Lipinski definition) is 0. The zero-order valence-corrected chi connectivity index (χ0v) is 9.03. The summed E-state index contributed by atoms with van der Waals surface area (Å²) in [4.78, 5) is 10.0. The molecule has 0 N–H and O–H groups in total. The van der Waals surface area contributed by atoms with Crippen molar-refractivity contribution in [1.82, 2.24) is 0 Å². The van der Waals surface area contributed by atoms with Gasteiger partial charge < -0.3 is 4.79 Å². The van der Waals surface area contributed by atoms with E-state index in [0.29, 0.717) is 10.0 Å². The number of carbonyl (C=O) groups excluding carboxylic acids is 1. The van der Waals surface area contributed by atoms with Gasteiger partial charge in [0.2, 0.25) is 0 Å². The Labute approximate surface area is 88.8 Å². The smallest absolute Gasteiger partial charge is 0.138 e. The first kappa shape index (κ1) is 10.0. The van der Waals surface area contributed by atoms with Crippen molar-refractivity contribution < 1.29 is 4.79 Å². The van der Waals surface area contributed by atoms with Crippen LogP contribution in [0.2, 0.25) is 10.0 Å². The van der Waals surface area contributed by atoms with Crippen LogP contribution in [0, 0.1) is 0 Å². The molecule has 0 amide bonds. The molecule has 12 heavy (non-hydrogen) atoms. The second-order valence-electron chi connectivity index (χ2n) is 2.20. The van der Waals surface area contributed by atoms with Crippen LogP contribution in [0.1, 0.15) is 10.4 Å². The fourth-order valence-corrected chi connectivity index (χ4v) is 1.86. The van der Waals surface area contributed by atoms with E-state index in [0.717, 1.165) is 11.8 Å². The maximum atomic E-state index is 10.4. The highest BCUT2D eigenvalue weighted by molar-refractivity contribution is 9.09. The van der Waals surface area contributed by atoms with Gasteiger partial charge in [-0.1, -0.05) is 45.2 Å². The summed E-state index contributed by atoms with van der Waals surface area (Å²) in [6.07, 6.45) is 0.773. The fraction of sp³-hybridized carbons (Fsp3) is 0.125. The lowest BCUT2D eigenvalue weighted by atomic mass is 10.2. The Bertz CT molecular complexity index is 301. The van der Waals surface area contributed by atoms with Gasteiger partial charge in [-0.2, -0.15) is 0 Å². The molecule has 0 radical (unpaired) electrons. The lowest BCUT2D eigenvalue weighted by molar-refractivity contribution is -0.107. The minimum absolute atomic E-state index is 0.359. The Kier molecular flexibility index (Phi) is 3.56. The molecule has 64 valence electrons. The Morgan fingerprint density at radius 3 is 2.58 bits per heavy atom. The molecule has 0 aliphatic carbocycles. The molecule has 1 unspecified atom stereocenters. The number of halogens is 3. The molecule has 1 nitrogen and oxygen atoms in total. The number of rotatable bonds is 2. The molecule has 0 fully saturated rings. The molecule has 0 spiro atoms. The van der Waals surface area contributed by atoms with Crippen LogP contribution in [0.25, 0.3) is 0 Å². The van der Waals surface area contributed by atoms with E-state index in [2.05, 4.69) is 15.9 Å². The lowest BCUT2D eigenvalue weighted by Crippen LogP contribution is -1.91. The van der Waals surface area contributed by atoms with Crippen molar-refractivity contribution in [1.29, 1.82) is 0 Å². The standard InChI is InChI=1S/C8H5BrCl2O/c9-7(4-12)6-2-1-5(10)3-8(6)11/h1-4,7H. The second kappa shape index (κ2) is 4.26. The summed E-state index contributed by atoms with van der Waals surface area (Å²) >= 11 is 14.7. The van der Waals surface area contributed by atoms with Crippen LogP contribution in [-0.2, 0) is 4.79 Å². The van der Waals surface area contributed by atoms with Gasteiger partial charge in [0, 0.05) is 10.0 Å². The quantitative estimate of drug-likeness (QED) is 0.591. The summed E-state index contributed by atoms with van der Waals surface area (Å²) in [5, 5.41) is 1.06. The molecule has 0 aliphatic rings. The van der Waals surface area contributed by atoms with Gasteiger partial charge >= 0.3 is 0 Å². The predicted octanol–water partition coefficient (Wildman–Crippen LogP) is 3.63. The van der Waals surface area contributed by atoms with E-state index >= 15 is 0 Å². The van der Waals surface area contributed by atoms with Crippen LogP contribution in [-0.4, -0.2) is 6.29 Å². The SMILES string of the molecule is O=CC(Br)c1ccc(Cl)cc1Cl. The van der Waals surface area contributed by atoms with E-state index in [4.69, 9.17) is 23.2 Å². The van der Waals surface area contributed by atoms with E-state index in [1.165, 1.54) is 0 Å². The Hall–Kier alpha value is -0.0500. The van der Waals surface area contributed by atoms with Gasteiger partial charge in [-0.3, -0.25) is 0 Å². The van der Waals surface area contributed by atoms with Gasteiger partial charge in [0.15, 0.2) is 0 Å². The van der Waals surface area contributed by atoms with Crippen molar-refractivity contribution in [3.63, 3.8) is 0 Å². The summed E-state index contributed by atoms with van der Waals surface area (Å²) in [5.74, 6) is 0. The van der Waals surface area contributed by atoms with E-state index < -0.39 is 0 Å². The van der Waals surface area contributed by atoms with E-state index in [9.17, 15) is 4.79 Å². The van der Waals surface area contributed by atoms with Crippen LogP contribution in [0.3, 0.4) is 0 Å². The highest BCUT2D eigenvalue weighted by Gasteiger charge is 2.09. The Balaban J connectivity index is 3.09. The molecule has 4 heteroatoms. The summed E-state index contributed by atoms with van der Waals surface area (Å²) in [7, 11) is 0. The van der Waals surface area contributed by atoms with Crippen LogP contribution < -0.4 is 0 Å². The Morgan fingerprint density at radius 1 is 1.42 bits per heavy atom. The third-order valence-corrected chi connectivity index (χ3v) is 2.65. The van der Waals surface area contributed by atoms with Gasteiger partial charge in [-0.25, -0.2) is 0 Å². The van der Waals surface area contributed by atoms with Crippen molar-refractivity contribution in [2.45, 2.75) is 4.83 Å². The van der Waals surface area contributed by atoms with Crippen molar-refractivity contribution in [3.05, 3.63) is 33.8 Å². The molecule has 1 rings (SSSR count). The summed E-state index contributed by atoms with van der Waals surface area (Å²) < 4.78 is 0. The van der Waals surface area contributed by atoms with E-state index in [1.807, 2.05) is 0 Å². The van der Waals surface area contributed by atoms with Gasteiger partial charge in [-0.05, 0) is 17.7 Å². The van der Waals surface area contributed by atoms with Crippen molar-refractivity contribution in [3.8, 4) is 0 Å². The zero-order valence-electron chi connectivity index (χ0n) is 5.93. The minimum Gasteiger partial charge on any atom is -0.302 e. The molecule has 0 saturated carbocycles. The highest BCUT2D eigenvalue weighted by atomic mass is 79.9. The monoisotopic (exact) mass is 266 g/mol. The topological polar surface area (TPSA) is 17.1 Å². The number of hydrogen-bond acceptors (Lipinski definition) is 1. The zero-order chi connectivity index (χ0) is 9.14. The normalized spacial score (nSPS) is 12.6. The Morgan fingerprint density at radius 2 is 2.08 bits per heavy atom. The molecule has 0 heterocycles. The molecular formula is C8H5BrCl2O. The first-order valence-corrected chi connectivity index (χ1v) is 4.86. The molecular weight excluding hydrogens is 263 g/mol. The molecule has 1 atom stereocenters. The van der Waals surface area contributed by atoms with Gasteiger partial charge in [0.1, 0.15) is 6.29 Å². The van der Waals surface area contributed by atoms with E-state index in [1.54, 1.807) is 18.2 Å². The molecule has 0 aliphatic heterocycles. The maximum Gasteiger partial charge on any atom is 0.138 e. The summed E-state index contributed by atoms with van der Waals surface area (Å²) in [6, 6.07) is 5.02. The van der Waals surface area contributed by atoms with Crippen molar-refractivity contribution in [2.24, 2.45) is 0 Å². The van der Waals surface area contributed by atoms with Crippen molar-refractivity contribution >= 4 is 45.4 Å². The van der Waals surface area contributed by atoms with Gasteiger partial charge in [0.25, 0.3) is 0 Å². The van der Waals surface area contributed by atoms with Crippen LogP contribution in [0.15, 0.2) is 18.2 Å². The number of aldehydes is 1. The summed E-state index contributed by atoms with van der Waals surface area (Å²) in [6.45, 7) is 0. The number of alkyl halides is 1. The average Bonchev–Trinajstić information content (AvgIpc) is 2.03. The third-order valence-electron chi connectivity index (χ3n) is 1.38. The number of carbonyl (C=O) groups is 1. The van der Waals surface area contributed by atoms with E-state index in [-0.39, 0.29) is 4.83 Å². The average molecular weight is 268 g/mol. The van der Waals surface area contributed by atoms with Crippen LogP contribution >= 0.6 is 39.1 Å². The minimum atomic E-state index is -0.359.